The van der Waals surface area contributed by atoms with Gasteiger partial charge in [-0.1, -0.05) is 0 Å². The topological polar surface area (TPSA) is 78.1 Å². The van der Waals surface area contributed by atoms with Gasteiger partial charge in [0.05, 0.1) is 26.4 Å². The van der Waals surface area contributed by atoms with Gasteiger partial charge in [0.2, 0.25) is 0 Å². The molecule has 6 heteroatoms. The zero-order valence-electron chi connectivity index (χ0n) is 12.8. The lowest BCUT2D eigenvalue weighted by atomic mass is 9.80. The quantitative estimate of drug-likeness (QED) is 0.619. The molecule has 6 nitrogen and oxygen atoms in total. The molecule has 1 saturated carbocycles. The van der Waals surface area contributed by atoms with Crippen LogP contribution in [-0.4, -0.2) is 39.4 Å². The first-order chi connectivity index (χ1) is 10.1. The molecule has 0 spiro atoms. The van der Waals surface area contributed by atoms with Gasteiger partial charge in [-0.3, -0.25) is 4.99 Å². The Bertz CT molecular complexity index is 507. The first kappa shape index (κ1) is 15.4. The van der Waals surface area contributed by atoms with Crippen molar-refractivity contribution in [2.45, 2.75) is 24.9 Å². The van der Waals surface area contributed by atoms with Crippen LogP contribution in [0.5, 0.6) is 11.5 Å². The van der Waals surface area contributed by atoms with Crippen LogP contribution in [-0.2, 0) is 4.74 Å². The molecule has 1 aliphatic rings. The Morgan fingerprint density at radius 1 is 1.24 bits per heavy atom. The van der Waals surface area contributed by atoms with Crippen LogP contribution in [0.1, 0.15) is 19.3 Å². The van der Waals surface area contributed by atoms with Gasteiger partial charge in [-0.15, -0.1) is 0 Å². The number of nitrogens with zero attached hydrogens (tertiary/aromatic N) is 1. The van der Waals surface area contributed by atoms with Crippen LogP contribution in [0.4, 0.5) is 5.69 Å². The number of ether oxygens (including phenoxy) is 3. The molecule has 1 aromatic rings. The summed E-state index contributed by atoms with van der Waals surface area (Å²) >= 11 is 0. The second-order valence-corrected chi connectivity index (χ2v) is 5.14. The van der Waals surface area contributed by atoms with Crippen molar-refractivity contribution in [3.05, 3.63) is 18.2 Å². The minimum atomic E-state index is -0.121. The molecule has 0 radical (unpaired) electrons. The third kappa shape index (κ3) is 3.58. The summed E-state index contributed by atoms with van der Waals surface area (Å²) in [5.74, 6) is 1.68. The summed E-state index contributed by atoms with van der Waals surface area (Å²) in [6.07, 6.45) is 3.26. The van der Waals surface area contributed by atoms with Crippen molar-refractivity contribution in [1.29, 1.82) is 0 Å². The molecule has 3 N–H and O–H groups in total. The highest BCUT2D eigenvalue weighted by Crippen LogP contribution is 2.35. The van der Waals surface area contributed by atoms with E-state index < -0.39 is 0 Å². The van der Waals surface area contributed by atoms with Gasteiger partial charge in [0.25, 0.3) is 0 Å². The SMILES string of the molecule is COc1ccc(NC(N)=NCC2(OC)CCC2)cc1OC. The molecule has 1 aromatic carbocycles. The second-order valence-electron chi connectivity index (χ2n) is 5.14. The third-order valence-corrected chi connectivity index (χ3v) is 3.89. The molecule has 0 unspecified atom stereocenters. The van der Waals surface area contributed by atoms with Crippen LogP contribution in [0.3, 0.4) is 0 Å². The number of hydrogen-bond donors (Lipinski definition) is 2. The van der Waals surface area contributed by atoms with Crippen LogP contribution >= 0.6 is 0 Å². The molecule has 0 amide bonds. The van der Waals surface area contributed by atoms with Crippen LogP contribution < -0.4 is 20.5 Å². The van der Waals surface area contributed by atoms with E-state index in [1.165, 1.54) is 6.42 Å². The van der Waals surface area contributed by atoms with Crippen molar-refractivity contribution in [3.8, 4) is 11.5 Å². The van der Waals surface area contributed by atoms with Crippen LogP contribution in [0.2, 0.25) is 0 Å². The normalized spacial score (nSPS) is 17.0. The number of benzene rings is 1. The van der Waals surface area contributed by atoms with E-state index in [-0.39, 0.29) is 5.60 Å². The van der Waals surface area contributed by atoms with Crippen molar-refractivity contribution in [2.75, 3.05) is 33.2 Å². The Morgan fingerprint density at radius 3 is 2.48 bits per heavy atom. The maximum absolute atomic E-state index is 5.92. The smallest absolute Gasteiger partial charge is 0.193 e. The van der Waals surface area contributed by atoms with E-state index in [1.807, 2.05) is 18.2 Å². The van der Waals surface area contributed by atoms with Crippen molar-refractivity contribution in [1.82, 2.24) is 0 Å². The van der Waals surface area contributed by atoms with E-state index in [1.54, 1.807) is 21.3 Å². The fraction of sp³-hybridized carbons (Fsp3) is 0.533. The Balaban J connectivity index is 2.00. The van der Waals surface area contributed by atoms with Crippen molar-refractivity contribution in [3.63, 3.8) is 0 Å². The molecule has 0 aromatic heterocycles. The third-order valence-electron chi connectivity index (χ3n) is 3.89. The predicted octanol–water partition coefficient (Wildman–Crippen LogP) is 2.00. The van der Waals surface area contributed by atoms with Crippen LogP contribution in [0.25, 0.3) is 0 Å². The standard InChI is InChI=1S/C15H23N3O3/c1-19-12-6-5-11(9-13(12)20-2)18-14(16)17-10-15(21-3)7-4-8-15/h5-6,9H,4,7-8,10H2,1-3H3,(H3,16,17,18). The molecule has 116 valence electrons. The number of guanidine groups is 1. The zero-order chi connectivity index (χ0) is 15.3. The van der Waals surface area contributed by atoms with Gasteiger partial charge < -0.3 is 25.3 Å². The van der Waals surface area contributed by atoms with Gasteiger partial charge in [-0.25, -0.2) is 0 Å². The van der Waals surface area contributed by atoms with Gasteiger partial charge in [-0.05, 0) is 31.4 Å². The molecule has 1 aliphatic carbocycles. The summed E-state index contributed by atoms with van der Waals surface area (Å²) in [7, 11) is 4.92. The van der Waals surface area contributed by atoms with Gasteiger partial charge in [-0.2, -0.15) is 0 Å². The van der Waals surface area contributed by atoms with Crippen LogP contribution in [0.15, 0.2) is 23.2 Å². The first-order valence-corrected chi connectivity index (χ1v) is 6.96. The second kappa shape index (κ2) is 6.67. The average Bonchev–Trinajstić information content (AvgIpc) is 2.46. The van der Waals surface area contributed by atoms with E-state index in [0.717, 1.165) is 18.5 Å². The summed E-state index contributed by atoms with van der Waals surface area (Å²) < 4.78 is 16.0. The highest BCUT2D eigenvalue weighted by Gasteiger charge is 2.36. The maximum Gasteiger partial charge on any atom is 0.193 e. The summed E-state index contributed by atoms with van der Waals surface area (Å²) in [6, 6.07) is 5.49. The minimum absolute atomic E-state index is 0.121. The fourth-order valence-electron chi connectivity index (χ4n) is 2.33. The van der Waals surface area contributed by atoms with Crippen molar-refractivity contribution >= 4 is 11.6 Å². The predicted molar refractivity (Wildman–Crippen MR) is 83.2 cm³/mol. The molecule has 0 aliphatic heterocycles. The molecule has 0 bridgehead atoms. The molecule has 0 saturated heterocycles. The number of methoxy groups -OCH3 is 3. The average molecular weight is 293 g/mol. The number of hydrogen-bond acceptors (Lipinski definition) is 4. The summed E-state index contributed by atoms with van der Waals surface area (Å²) in [4.78, 5) is 4.37. The number of anilines is 1. The first-order valence-electron chi connectivity index (χ1n) is 6.96. The molecular weight excluding hydrogens is 270 g/mol. The van der Waals surface area contributed by atoms with E-state index in [9.17, 15) is 0 Å². The Kier molecular flexibility index (Phi) is 4.90. The van der Waals surface area contributed by atoms with Gasteiger partial charge in [0.15, 0.2) is 17.5 Å². The molecule has 2 rings (SSSR count). The molecule has 1 fully saturated rings. The van der Waals surface area contributed by atoms with Gasteiger partial charge in [0.1, 0.15) is 0 Å². The lowest BCUT2D eigenvalue weighted by Gasteiger charge is -2.39. The molecule has 21 heavy (non-hydrogen) atoms. The van der Waals surface area contributed by atoms with Crippen LogP contribution in [0, 0.1) is 0 Å². The summed E-state index contributed by atoms with van der Waals surface area (Å²) in [6.45, 7) is 0.579. The summed E-state index contributed by atoms with van der Waals surface area (Å²) in [5, 5.41) is 3.05. The fourth-order valence-corrected chi connectivity index (χ4v) is 2.33. The monoisotopic (exact) mass is 293 g/mol. The number of rotatable bonds is 6. The highest BCUT2D eigenvalue weighted by atomic mass is 16.5. The number of nitrogens with one attached hydrogen (secondary N) is 1. The van der Waals surface area contributed by atoms with Gasteiger partial charge in [0, 0.05) is 18.9 Å². The van der Waals surface area contributed by atoms with Gasteiger partial charge >= 0.3 is 0 Å². The molecule has 0 atom stereocenters. The lowest BCUT2D eigenvalue weighted by Crippen LogP contribution is -2.43. The largest absolute Gasteiger partial charge is 0.493 e. The lowest BCUT2D eigenvalue weighted by molar-refractivity contribution is -0.0629. The van der Waals surface area contributed by atoms with E-state index in [4.69, 9.17) is 19.9 Å². The Morgan fingerprint density at radius 2 is 1.95 bits per heavy atom. The van der Waals surface area contributed by atoms with E-state index >= 15 is 0 Å². The molecule has 0 heterocycles. The summed E-state index contributed by atoms with van der Waals surface area (Å²) in [5.41, 5.74) is 6.60. The Labute approximate surface area is 125 Å². The number of aliphatic imine (C=N–C) groups is 1. The van der Waals surface area contributed by atoms with Crippen molar-refractivity contribution in [2.24, 2.45) is 10.7 Å². The van der Waals surface area contributed by atoms with E-state index in [0.29, 0.717) is 24.0 Å². The maximum atomic E-state index is 5.92. The minimum Gasteiger partial charge on any atom is -0.493 e. The molecular formula is C15H23N3O3. The van der Waals surface area contributed by atoms with E-state index in [2.05, 4.69) is 10.3 Å². The Hall–Kier alpha value is -1.95. The highest BCUT2D eigenvalue weighted by molar-refractivity contribution is 5.92. The van der Waals surface area contributed by atoms with Crippen molar-refractivity contribution < 1.29 is 14.2 Å². The zero-order valence-corrected chi connectivity index (χ0v) is 12.8. The number of nitrogens with two attached hydrogens (primary N) is 1.